The fourth-order valence-electron chi connectivity index (χ4n) is 1.53. The van der Waals surface area contributed by atoms with E-state index in [-0.39, 0.29) is 30.2 Å². The third-order valence-electron chi connectivity index (χ3n) is 2.92. The van der Waals surface area contributed by atoms with Crippen LogP contribution < -0.4 is 5.73 Å². The molecule has 0 saturated heterocycles. The van der Waals surface area contributed by atoms with Crippen LogP contribution in [0.3, 0.4) is 0 Å². The van der Waals surface area contributed by atoms with Crippen LogP contribution in [0.2, 0.25) is 0 Å². The molecule has 0 radical (unpaired) electrons. The van der Waals surface area contributed by atoms with Crippen LogP contribution in [-0.4, -0.2) is 23.9 Å². The van der Waals surface area contributed by atoms with Crippen LogP contribution >= 0.6 is 0 Å². The summed E-state index contributed by atoms with van der Waals surface area (Å²) in [7, 11) is 1.66. The van der Waals surface area contributed by atoms with E-state index in [0.29, 0.717) is 5.56 Å². The van der Waals surface area contributed by atoms with Crippen molar-refractivity contribution in [3.8, 4) is 0 Å². The predicted octanol–water partition coefficient (Wildman–Crippen LogP) is 1.77. The number of nitrogens with zero attached hydrogens (tertiary/aromatic N) is 1. The molecule has 17 heavy (non-hydrogen) atoms. The fourth-order valence-corrected chi connectivity index (χ4v) is 1.53. The zero-order valence-electron chi connectivity index (χ0n) is 10.5. The second-order valence-corrected chi connectivity index (χ2v) is 4.43. The average Bonchev–Trinajstić information content (AvgIpc) is 2.30. The van der Waals surface area contributed by atoms with Gasteiger partial charge in [-0.15, -0.1) is 0 Å². The molecule has 0 spiro atoms. The lowest BCUT2D eigenvalue weighted by Crippen LogP contribution is -2.39. The second kappa shape index (κ2) is 5.77. The Morgan fingerprint density at radius 3 is 2.53 bits per heavy atom. The highest BCUT2D eigenvalue weighted by Crippen LogP contribution is 2.12. The molecule has 1 aromatic carbocycles. The predicted molar refractivity (Wildman–Crippen MR) is 65.7 cm³/mol. The molecule has 94 valence electrons. The van der Waals surface area contributed by atoms with Crippen molar-refractivity contribution in [1.82, 2.24) is 4.90 Å². The van der Waals surface area contributed by atoms with Gasteiger partial charge in [0.1, 0.15) is 5.82 Å². The number of carbonyl (C=O) groups excluding carboxylic acids is 1. The van der Waals surface area contributed by atoms with Gasteiger partial charge in [-0.1, -0.05) is 25.1 Å². The molecule has 0 fully saturated rings. The summed E-state index contributed by atoms with van der Waals surface area (Å²) in [5.74, 6) is -0.615. The smallest absolute Gasteiger partial charge is 0.226 e. The number of hydrogen-bond acceptors (Lipinski definition) is 2. The minimum Gasteiger partial charge on any atom is -0.341 e. The molecule has 2 unspecified atom stereocenters. The Morgan fingerprint density at radius 2 is 2.00 bits per heavy atom. The van der Waals surface area contributed by atoms with Gasteiger partial charge < -0.3 is 10.6 Å². The number of halogens is 1. The monoisotopic (exact) mass is 238 g/mol. The van der Waals surface area contributed by atoms with Gasteiger partial charge in [0, 0.05) is 25.2 Å². The van der Waals surface area contributed by atoms with Gasteiger partial charge in [0.25, 0.3) is 0 Å². The highest BCUT2D eigenvalue weighted by molar-refractivity contribution is 5.78. The molecular weight excluding hydrogens is 219 g/mol. The Labute approximate surface area is 101 Å². The summed E-state index contributed by atoms with van der Waals surface area (Å²) in [5, 5.41) is 0. The highest BCUT2D eigenvalue weighted by Gasteiger charge is 2.21. The first-order chi connectivity index (χ1) is 7.93. The van der Waals surface area contributed by atoms with Crippen LogP contribution in [0.5, 0.6) is 0 Å². The normalized spacial score (nSPS) is 14.2. The summed E-state index contributed by atoms with van der Waals surface area (Å²) in [4.78, 5) is 13.4. The van der Waals surface area contributed by atoms with Crippen molar-refractivity contribution in [3.63, 3.8) is 0 Å². The summed E-state index contributed by atoms with van der Waals surface area (Å²) >= 11 is 0. The first-order valence-corrected chi connectivity index (χ1v) is 5.67. The minimum absolute atomic E-state index is 0.0664. The van der Waals surface area contributed by atoms with Gasteiger partial charge in [0.2, 0.25) is 5.91 Å². The number of rotatable bonds is 4. The fraction of sp³-hybridized carbons (Fsp3) is 0.462. The van der Waals surface area contributed by atoms with E-state index in [1.54, 1.807) is 39.1 Å². The Kier molecular flexibility index (Phi) is 4.63. The summed E-state index contributed by atoms with van der Waals surface area (Å²) in [6.07, 6.45) is 0. The van der Waals surface area contributed by atoms with Crippen LogP contribution in [0.4, 0.5) is 4.39 Å². The van der Waals surface area contributed by atoms with Crippen molar-refractivity contribution < 1.29 is 9.18 Å². The standard InChI is InChI=1S/C13H19FN2O/c1-9(10(2)15)13(17)16(3)8-11-6-4-5-7-12(11)14/h4-7,9-10H,8,15H2,1-3H3. The van der Waals surface area contributed by atoms with E-state index in [4.69, 9.17) is 5.73 Å². The molecule has 2 N–H and O–H groups in total. The van der Waals surface area contributed by atoms with E-state index in [2.05, 4.69) is 0 Å². The molecule has 3 nitrogen and oxygen atoms in total. The maximum absolute atomic E-state index is 13.4. The van der Waals surface area contributed by atoms with Crippen molar-refractivity contribution in [1.29, 1.82) is 0 Å². The van der Waals surface area contributed by atoms with Crippen molar-refractivity contribution in [2.75, 3.05) is 7.05 Å². The molecule has 1 amide bonds. The second-order valence-electron chi connectivity index (χ2n) is 4.43. The maximum Gasteiger partial charge on any atom is 0.226 e. The number of hydrogen-bond donors (Lipinski definition) is 1. The first kappa shape index (κ1) is 13.6. The van der Waals surface area contributed by atoms with Gasteiger partial charge in [0.15, 0.2) is 0 Å². The lowest BCUT2D eigenvalue weighted by molar-refractivity contribution is -0.134. The van der Waals surface area contributed by atoms with Crippen molar-refractivity contribution in [2.24, 2.45) is 11.7 Å². The Balaban J connectivity index is 2.70. The summed E-state index contributed by atoms with van der Waals surface area (Å²) in [6, 6.07) is 6.25. The molecule has 0 aliphatic heterocycles. The molecule has 0 bridgehead atoms. The van der Waals surface area contributed by atoms with Crippen LogP contribution in [-0.2, 0) is 11.3 Å². The molecule has 1 rings (SSSR count). The van der Waals surface area contributed by atoms with E-state index < -0.39 is 0 Å². The van der Waals surface area contributed by atoms with E-state index >= 15 is 0 Å². The molecule has 2 atom stereocenters. The molecule has 4 heteroatoms. The Morgan fingerprint density at radius 1 is 1.41 bits per heavy atom. The van der Waals surface area contributed by atoms with Crippen molar-refractivity contribution >= 4 is 5.91 Å². The van der Waals surface area contributed by atoms with Gasteiger partial charge in [-0.2, -0.15) is 0 Å². The quantitative estimate of drug-likeness (QED) is 0.869. The molecule has 0 aliphatic rings. The summed E-state index contributed by atoms with van der Waals surface area (Å²) in [6.45, 7) is 3.84. The zero-order chi connectivity index (χ0) is 13.0. The van der Waals surface area contributed by atoms with E-state index in [0.717, 1.165) is 0 Å². The maximum atomic E-state index is 13.4. The summed E-state index contributed by atoms with van der Waals surface area (Å²) < 4.78 is 13.4. The van der Waals surface area contributed by atoms with E-state index in [1.807, 2.05) is 0 Å². The highest BCUT2D eigenvalue weighted by atomic mass is 19.1. The van der Waals surface area contributed by atoms with Gasteiger partial charge in [-0.05, 0) is 13.0 Å². The van der Waals surface area contributed by atoms with Crippen LogP contribution in [0, 0.1) is 11.7 Å². The van der Waals surface area contributed by atoms with E-state index in [1.165, 1.54) is 11.0 Å². The zero-order valence-corrected chi connectivity index (χ0v) is 10.5. The van der Waals surface area contributed by atoms with Crippen molar-refractivity contribution in [2.45, 2.75) is 26.4 Å². The molecular formula is C13H19FN2O. The van der Waals surface area contributed by atoms with Crippen LogP contribution in [0.25, 0.3) is 0 Å². The van der Waals surface area contributed by atoms with Gasteiger partial charge in [-0.25, -0.2) is 4.39 Å². The molecule has 1 aromatic rings. The van der Waals surface area contributed by atoms with Crippen LogP contribution in [0.15, 0.2) is 24.3 Å². The number of carbonyl (C=O) groups is 1. The van der Waals surface area contributed by atoms with Crippen LogP contribution in [0.1, 0.15) is 19.4 Å². The third kappa shape index (κ3) is 3.53. The lowest BCUT2D eigenvalue weighted by Gasteiger charge is -2.23. The van der Waals surface area contributed by atoms with Gasteiger partial charge >= 0.3 is 0 Å². The summed E-state index contributed by atoms with van der Waals surface area (Å²) in [5.41, 5.74) is 6.19. The molecule has 0 aliphatic carbocycles. The largest absolute Gasteiger partial charge is 0.341 e. The number of amides is 1. The van der Waals surface area contributed by atoms with E-state index in [9.17, 15) is 9.18 Å². The average molecular weight is 238 g/mol. The number of nitrogens with two attached hydrogens (primary N) is 1. The van der Waals surface area contributed by atoms with Gasteiger partial charge in [-0.3, -0.25) is 4.79 Å². The Hall–Kier alpha value is -1.42. The number of benzene rings is 1. The lowest BCUT2D eigenvalue weighted by atomic mass is 10.0. The third-order valence-corrected chi connectivity index (χ3v) is 2.92. The first-order valence-electron chi connectivity index (χ1n) is 5.67. The Bertz CT molecular complexity index is 393. The topological polar surface area (TPSA) is 46.3 Å². The minimum atomic E-state index is -0.291. The molecule has 0 heterocycles. The van der Waals surface area contributed by atoms with Gasteiger partial charge in [0.05, 0.1) is 5.92 Å². The molecule has 0 aromatic heterocycles. The molecule has 0 saturated carbocycles. The van der Waals surface area contributed by atoms with Crippen molar-refractivity contribution in [3.05, 3.63) is 35.6 Å². The SMILES string of the molecule is CC(N)C(C)C(=O)N(C)Cc1ccccc1F.